The predicted octanol–water partition coefficient (Wildman–Crippen LogP) is 3.83. The van der Waals surface area contributed by atoms with Gasteiger partial charge in [-0.3, -0.25) is 13.9 Å². The summed E-state index contributed by atoms with van der Waals surface area (Å²) in [6, 6.07) is 15.3. The maximum Gasteiger partial charge on any atom is 0.242 e. The summed E-state index contributed by atoms with van der Waals surface area (Å²) in [6.07, 6.45) is 2.05. The molecule has 1 atom stereocenters. The molecular weight excluding hydrogens is 462 g/mol. The number of hydrogen-bond acceptors (Lipinski definition) is 4. The Balaban J connectivity index is 2.17. The van der Waals surface area contributed by atoms with E-state index in [4.69, 9.17) is 11.6 Å². The van der Waals surface area contributed by atoms with Crippen molar-refractivity contribution in [2.24, 2.45) is 0 Å². The molecule has 1 N–H and O–H groups in total. The first-order valence-corrected chi connectivity index (χ1v) is 13.2. The van der Waals surface area contributed by atoms with Crippen LogP contribution in [0, 0.1) is 0 Å². The van der Waals surface area contributed by atoms with E-state index in [0.717, 1.165) is 11.8 Å². The van der Waals surface area contributed by atoms with E-state index in [-0.39, 0.29) is 31.3 Å². The Morgan fingerprint density at radius 2 is 1.67 bits per heavy atom. The van der Waals surface area contributed by atoms with Crippen LogP contribution in [0.15, 0.2) is 54.6 Å². The van der Waals surface area contributed by atoms with E-state index < -0.39 is 16.1 Å². The van der Waals surface area contributed by atoms with Crippen molar-refractivity contribution in [2.75, 3.05) is 23.7 Å². The number of anilines is 1. The lowest BCUT2D eigenvalue weighted by atomic mass is 10.1. The van der Waals surface area contributed by atoms with Crippen LogP contribution in [-0.2, 0) is 26.2 Å². The summed E-state index contributed by atoms with van der Waals surface area (Å²) in [5, 5.41) is 3.39. The number of benzene rings is 2. The van der Waals surface area contributed by atoms with Gasteiger partial charge in [-0.25, -0.2) is 8.42 Å². The van der Waals surface area contributed by atoms with Gasteiger partial charge in [0.05, 0.1) is 11.9 Å². The lowest BCUT2D eigenvalue weighted by Gasteiger charge is -2.31. The Morgan fingerprint density at radius 3 is 2.21 bits per heavy atom. The van der Waals surface area contributed by atoms with Crippen LogP contribution < -0.4 is 9.62 Å². The zero-order valence-corrected chi connectivity index (χ0v) is 20.9. The molecule has 0 spiro atoms. The Kier molecular flexibility index (Phi) is 10.2. The fourth-order valence-electron chi connectivity index (χ4n) is 3.60. The van der Waals surface area contributed by atoms with Crippen LogP contribution in [0.4, 0.5) is 5.69 Å². The Labute approximate surface area is 201 Å². The maximum absolute atomic E-state index is 13.2. The third-order valence-electron chi connectivity index (χ3n) is 5.20. The molecule has 0 heterocycles. The number of hydrogen-bond donors (Lipinski definition) is 1. The second-order valence-corrected chi connectivity index (χ2v) is 10.1. The fraction of sp³-hybridized carbons (Fsp3) is 0.417. The third-order valence-corrected chi connectivity index (χ3v) is 6.65. The molecule has 0 bridgehead atoms. The molecule has 2 rings (SSSR count). The van der Waals surface area contributed by atoms with Crippen molar-refractivity contribution in [2.45, 2.75) is 45.7 Å². The SMILES string of the molecule is CCNC(=O)[C@H](CC)N(Cc1ccc(Cl)cc1)C(=O)CCCN(c1ccccc1)S(C)(=O)=O. The highest BCUT2D eigenvalue weighted by atomic mass is 35.5. The molecule has 0 radical (unpaired) electrons. The first-order valence-electron chi connectivity index (χ1n) is 11.0. The van der Waals surface area contributed by atoms with Crippen molar-refractivity contribution in [3.8, 4) is 0 Å². The average Bonchev–Trinajstić information content (AvgIpc) is 2.77. The lowest BCUT2D eigenvalue weighted by molar-refractivity contribution is -0.141. The number of para-hydroxylation sites is 1. The second-order valence-electron chi connectivity index (χ2n) is 7.74. The normalized spacial score (nSPS) is 12.1. The van der Waals surface area contributed by atoms with Crippen molar-refractivity contribution in [3.05, 3.63) is 65.2 Å². The van der Waals surface area contributed by atoms with Gasteiger partial charge in [0.1, 0.15) is 6.04 Å². The molecule has 0 aliphatic rings. The van der Waals surface area contributed by atoms with Gasteiger partial charge in [-0.05, 0) is 49.6 Å². The minimum Gasteiger partial charge on any atom is -0.355 e. The van der Waals surface area contributed by atoms with Crippen LogP contribution in [0.1, 0.15) is 38.7 Å². The van der Waals surface area contributed by atoms with E-state index in [0.29, 0.717) is 30.1 Å². The van der Waals surface area contributed by atoms with Gasteiger partial charge < -0.3 is 10.2 Å². The van der Waals surface area contributed by atoms with Gasteiger partial charge in [-0.1, -0.05) is 48.9 Å². The van der Waals surface area contributed by atoms with Crippen molar-refractivity contribution >= 4 is 39.1 Å². The number of nitrogens with one attached hydrogen (secondary N) is 1. The molecule has 2 amide bonds. The smallest absolute Gasteiger partial charge is 0.242 e. The van der Waals surface area contributed by atoms with Crippen LogP contribution in [0.2, 0.25) is 5.02 Å². The first-order chi connectivity index (χ1) is 15.7. The number of nitrogens with zero attached hydrogens (tertiary/aromatic N) is 2. The molecule has 0 unspecified atom stereocenters. The Hall–Kier alpha value is -2.58. The van der Waals surface area contributed by atoms with Crippen LogP contribution in [0.25, 0.3) is 0 Å². The summed E-state index contributed by atoms with van der Waals surface area (Å²) in [5.41, 5.74) is 1.41. The van der Waals surface area contributed by atoms with E-state index in [1.54, 1.807) is 41.3 Å². The number of carbonyl (C=O) groups is 2. The quantitative estimate of drug-likeness (QED) is 0.486. The van der Waals surface area contributed by atoms with Crippen molar-refractivity contribution < 1.29 is 18.0 Å². The molecule has 0 aliphatic carbocycles. The van der Waals surface area contributed by atoms with Gasteiger partial charge in [0.25, 0.3) is 0 Å². The van der Waals surface area contributed by atoms with Crippen LogP contribution in [0.5, 0.6) is 0 Å². The average molecular weight is 494 g/mol. The molecule has 9 heteroatoms. The summed E-state index contributed by atoms with van der Waals surface area (Å²) < 4.78 is 25.9. The number of carbonyl (C=O) groups excluding carboxylic acids is 2. The molecule has 2 aromatic rings. The summed E-state index contributed by atoms with van der Waals surface area (Å²) in [7, 11) is -3.50. The Bertz CT molecular complexity index is 1010. The molecule has 2 aromatic carbocycles. The fourth-order valence-corrected chi connectivity index (χ4v) is 4.69. The summed E-state index contributed by atoms with van der Waals surface area (Å²) in [6.45, 7) is 4.60. The zero-order valence-electron chi connectivity index (χ0n) is 19.3. The highest BCUT2D eigenvalue weighted by Crippen LogP contribution is 2.19. The molecule has 180 valence electrons. The first kappa shape index (κ1) is 26.7. The second kappa shape index (κ2) is 12.6. The number of likely N-dealkylation sites (N-methyl/N-ethyl adjacent to an activating group) is 1. The largest absolute Gasteiger partial charge is 0.355 e. The lowest BCUT2D eigenvalue weighted by Crippen LogP contribution is -2.49. The Morgan fingerprint density at radius 1 is 1.03 bits per heavy atom. The molecular formula is C24H32ClN3O4S. The number of amides is 2. The van der Waals surface area contributed by atoms with Crippen LogP contribution in [-0.4, -0.2) is 50.5 Å². The van der Waals surface area contributed by atoms with Crippen molar-refractivity contribution in [3.63, 3.8) is 0 Å². The van der Waals surface area contributed by atoms with E-state index in [2.05, 4.69) is 5.32 Å². The van der Waals surface area contributed by atoms with Gasteiger partial charge in [0.15, 0.2) is 0 Å². The summed E-state index contributed by atoms with van der Waals surface area (Å²) in [4.78, 5) is 27.5. The standard InChI is InChI=1S/C24H32ClN3O4S/c1-4-22(24(30)26-5-2)27(18-19-13-15-20(25)16-14-19)23(29)12-9-17-28(33(3,31)32)21-10-7-6-8-11-21/h6-8,10-11,13-16,22H,4-5,9,12,17-18H2,1-3H3,(H,26,30)/t22-/m0/s1. The third kappa shape index (κ3) is 8.05. The highest BCUT2D eigenvalue weighted by molar-refractivity contribution is 7.92. The zero-order chi connectivity index (χ0) is 24.4. The monoisotopic (exact) mass is 493 g/mol. The molecule has 0 aliphatic heterocycles. The predicted molar refractivity (Wildman–Crippen MR) is 133 cm³/mol. The topological polar surface area (TPSA) is 86.8 Å². The number of sulfonamides is 1. The number of rotatable bonds is 12. The van der Waals surface area contributed by atoms with E-state index >= 15 is 0 Å². The highest BCUT2D eigenvalue weighted by Gasteiger charge is 2.28. The van der Waals surface area contributed by atoms with Gasteiger partial charge in [-0.15, -0.1) is 0 Å². The van der Waals surface area contributed by atoms with E-state index in [1.807, 2.05) is 32.0 Å². The number of halogens is 1. The summed E-state index contributed by atoms with van der Waals surface area (Å²) >= 11 is 5.98. The van der Waals surface area contributed by atoms with Crippen molar-refractivity contribution in [1.29, 1.82) is 0 Å². The minimum absolute atomic E-state index is 0.113. The molecule has 0 fully saturated rings. The van der Waals surface area contributed by atoms with Gasteiger partial charge >= 0.3 is 0 Å². The minimum atomic E-state index is -3.50. The van der Waals surface area contributed by atoms with Gasteiger partial charge in [0.2, 0.25) is 21.8 Å². The maximum atomic E-state index is 13.2. The van der Waals surface area contributed by atoms with E-state index in [1.165, 1.54) is 4.31 Å². The molecule has 0 saturated carbocycles. The van der Waals surface area contributed by atoms with Gasteiger partial charge in [-0.2, -0.15) is 0 Å². The molecule has 0 saturated heterocycles. The van der Waals surface area contributed by atoms with Crippen LogP contribution >= 0.6 is 11.6 Å². The molecule has 7 nitrogen and oxygen atoms in total. The van der Waals surface area contributed by atoms with Gasteiger partial charge in [0, 0.05) is 31.1 Å². The summed E-state index contributed by atoms with van der Waals surface area (Å²) in [5.74, 6) is -0.408. The van der Waals surface area contributed by atoms with Crippen LogP contribution in [0.3, 0.4) is 0 Å². The van der Waals surface area contributed by atoms with E-state index in [9.17, 15) is 18.0 Å². The van der Waals surface area contributed by atoms with Crippen molar-refractivity contribution in [1.82, 2.24) is 10.2 Å². The molecule has 0 aromatic heterocycles. The molecule has 33 heavy (non-hydrogen) atoms.